The summed E-state index contributed by atoms with van der Waals surface area (Å²) in [4.78, 5) is 23.5. The minimum Gasteiger partial charge on any atom is -0.350 e. The number of rotatable bonds is 6. The van der Waals surface area contributed by atoms with Crippen molar-refractivity contribution in [3.8, 4) is 0 Å². The van der Waals surface area contributed by atoms with Gasteiger partial charge in [0.05, 0.1) is 0 Å². The van der Waals surface area contributed by atoms with Crippen LogP contribution in [-0.4, -0.2) is 25.0 Å². The van der Waals surface area contributed by atoms with Crippen LogP contribution in [0.3, 0.4) is 0 Å². The molecule has 0 unspecified atom stereocenters. The van der Waals surface area contributed by atoms with Crippen LogP contribution >= 0.6 is 0 Å². The number of aryl methyl sites for hydroxylation is 1. The van der Waals surface area contributed by atoms with E-state index in [4.69, 9.17) is 0 Å². The summed E-state index contributed by atoms with van der Waals surface area (Å²) in [6, 6.07) is 12.8. The van der Waals surface area contributed by atoms with Crippen LogP contribution in [0.2, 0.25) is 0 Å². The lowest BCUT2D eigenvalue weighted by atomic mass is 10.1. The fraction of sp³-hybridized carbons (Fsp3) is 0.222. The van der Waals surface area contributed by atoms with Crippen molar-refractivity contribution in [2.45, 2.75) is 13.5 Å². The number of carbonyl (C=O) groups is 2. The Morgan fingerprint density at radius 2 is 1.50 bits per heavy atom. The van der Waals surface area contributed by atoms with E-state index in [0.717, 1.165) is 11.1 Å². The van der Waals surface area contributed by atoms with Gasteiger partial charge in [-0.2, -0.15) is 0 Å². The standard InChI is InChI=1S/C18H20FN3O2/c1-13-2-6-15(7-3-13)17(23)20-10-11-21-18(24)22-12-14-4-8-16(19)9-5-14/h2-9H,10-12H2,1H3,(H,20,23)(H2,21,22,24). The average Bonchev–Trinajstić information content (AvgIpc) is 2.58. The molecule has 5 nitrogen and oxygen atoms in total. The zero-order chi connectivity index (χ0) is 17.4. The van der Waals surface area contributed by atoms with Gasteiger partial charge in [0.15, 0.2) is 0 Å². The van der Waals surface area contributed by atoms with Crippen LogP contribution < -0.4 is 16.0 Å². The van der Waals surface area contributed by atoms with Crippen LogP contribution in [0.25, 0.3) is 0 Å². The smallest absolute Gasteiger partial charge is 0.315 e. The van der Waals surface area contributed by atoms with E-state index in [1.54, 1.807) is 24.3 Å². The first-order valence-corrected chi connectivity index (χ1v) is 7.65. The number of benzene rings is 2. The number of amides is 3. The maximum Gasteiger partial charge on any atom is 0.315 e. The zero-order valence-electron chi connectivity index (χ0n) is 13.4. The quantitative estimate of drug-likeness (QED) is 0.712. The van der Waals surface area contributed by atoms with Crippen LogP contribution in [0.1, 0.15) is 21.5 Å². The molecule has 0 aliphatic rings. The van der Waals surface area contributed by atoms with Gasteiger partial charge in [0.25, 0.3) is 5.91 Å². The third kappa shape index (κ3) is 5.72. The molecule has 2 rings (SSSR count). The molecule has 0 heterocycles. The maximum atomic E-state index is 12.8. The van der Waals surface area contributed by atoms with Crippen molar-refractivity contribution < 1.29 is 14.0 Å². The van der Waals surface area contributed by atoms with Crippen molar-refractivity contribution in [3.05, 3.63) is 71.0 Å². The van der Waals surface area contributed by atoms with E-state index in [1.807, 2.05) is 19.1 Å². The Bertz CT molecular complexity index is 684. The second-order valence-electron chi connectivity index (χ2n) is 5.36. The Balaban J connectivity index is 1.63. The lowest BCUT2D eigenvalue weighted by molar-refractivity contribution is 0.0954. The maximum absolute atomic E-state index is 12.8. The Morgan fingerprint density at radius 3 is 2.17 bits per heavy atom. The summed E-state index contributed by atoms with van der Waals surface area (Å²) < 4.78 is 12.8. The number of hydrogen-bond acceptors (Lipinski definition) is 2. The summed E-state index contributed by atoms with van der Waals surface area (Å²) in [5.74, 6) is -0.490. The highest BCUT2D eigenvalue weighted by Crippen LogP contribution is 2.03. The molecule has 0 aromatic heterocycles. The second kappa shape index (κ2) is 8.67. The Labute approximate surface area is 140 Å². The van der Waals surface area contributed by atoms with Crippen molar-refractivity contribution in [2.75, 3.05) is 13.1 Å². The molecule has 0 radical (unpaired) electrons. The van der Waals surface area contributed by atoms with E-state index in [-0.39, 0.29) is 17.8 Å². The van der Waals surface area contributed by atoms with Gasteiger partial charge in [-0.1, -0.05) is 29.8 Å². The topological polar surface area (TPSA) is 70.2 Å². The summed E-state index contributed by atoms with van der Waals surface area (Å²) in [6.07, 6.45) is 0. The minimum atomic E-state index is -0.344. The predicted molar refractivity (Wildman–Crippen MR) is 90.2 cm³/mol. The Hall–Kier alpha value is -2.89. The Morgan fingerprint density at radius 1 is 0.875 bits per heavy atom. The van der Waals surface area contributed by atoms with Crippen molar-refractivity contribution in [1.29, 1.82) is 0 Å². The van der Waals surface area contributed by atoms with Gasteiger partial charge >= 0.3 is 6.03 Å². The van der Waals surface area contributed by atoms with E-state index < -0.39 is 0 Å². The molecule has 0 saturated carbocycles. The second-order valence-corrected chi connectivity index (χ2v) is 5.36. The van der Waals surface area contributed by atoms with E-state index in [0.29, 0.717) is 25.2 Å². The van der Waals surface area contributed by atoms with Gasteiger partial charge in [0.1, 0.15) is 5.82 Å². The van der Waals surface area contributed by atoms with Crippen molar-refractivity contribution in [1.82, 2.24) is 16.0 Å². The number of hydrogen-bond donors (Lipinski definition) is 3. The highest BCUT2D eigenvalue weighted by atomic mass is 19.1. The number of nitrogens with one attached hydrogen (secondary N) is 3. The number of carbonyl (C=O) groups excluding carboxylic acids is 2. The van der Waals surface area contributed by atoms with Crippen molar-refractivity contribution in [3.63, 3.8) is 0 Å². The minimum absolute atomic E-state index is 0.177. The van der Waals surface area contributed by atoms with Crippen molar-refractivity contribution >= 4 is 11.9 Å². The first kappa shape index (κ1) is 17.5. The first-order chi connectivity index (χ1) is 11.5. The van der Waals surface area contributed by atoms with Crippen LogP contribution in [0.15, 0.2) is 48.5 Å². The van der Waals surface area contributed by atoms with Crippen LogP contribution in [0.4, 0.5) is 9.18 Å². The molecule has 126 valence electrons. The molecule has 3 amide bonds. The van der Waals surface area contributed by atoms with Crippen LogP contribution in [0, 0.1) is 12.7 Å². The monoisotopic (exact) mass is 329 g/mol. The molecular formula is C18H20FN3O2. The van der Waals surface area contributed by atoms with Crippen LogP contribution in [0.5, 0.6) is 0 Å². The largest absolute Gasteiger partial charge is 0.350 e. The van der Waals surface area contributed by atoms with E-state index in [9.17, 15) is 14.0 Å². The molecule has 0 aliphatic carbocycles. The number of halogens is 1. The number of urea groups is 1. The summed E-state index contributed by atoms with van der Waals surface area (Å²) in [6.45, 7) is 2.90. The molecule has 6 heteroatoms. The molecule has 24 heavy (non-hydrogen) atoms. The van der Waals surface area contributed by atoms with Crippen LogP contribution in [-0.2, 0) is 6.54 Å². The molecule has 0 atom stereocenters. The highest BCUT2D eigenvalue weighted by molar-refractivity contribution is 5.94. The van der Waals surface area contributed by atoms with E-state index >= 15 is 0 Å². The third-order valence-electron chi connectivity index (χ3n) is 3.38. The molecule has 0 aliphatic heterocycles. The van der Waals surface area contributed by atoms with E-state index in [1.165, 1.54) is 12.1 Å². The normalized spacial score (nSPS) is 10.1. The molecule has 0 spiro atoms. The molecule has 0 bridgehead atoms. The third-order valence-corrected chi connectivity index (χ3v) is 3.38. The summed E-state index contributed by atoms with van der Waals surface area (Å²) in [7, 11) is 0. The van der Waals surface area contributed by atoms with Gasteiger partial charge in [-0.25, -0.2) is 9.18 Å². The summed E-state index contributed by atoms with van der Waals surface area (Å²) in [5, 5.41) is 8.03. The molecule has 3 N–H and O–H groups in total. The highest BCUT2D eigenvalue weighted by Gasteiger charge is 2.04. The van der Waals surface area contributed by atoms with Gasteiger partial charge in [-0.15, -0.1) is 0 Å². The van der Waals surface area contributed by atoms with Gasteiger partial charge < -0.3 is 16.0 Å². The SMILES string of the molecule is Cc1ccc(C(=O)NCCNC(=O)NCc2ccc(F)cc2)cc1. The van der Waals surface area contributed by atoms with Crippen molar-refractivity contribution in [2.24, 2.45) is 0 Å². The molecular weight excluding hydrogens is 309 g/mol. The lowest BCUT2D eigenvalue weighted by Crippen LogP contribution is -2.40. The van der Waals surface area contributed by atoms with Gasteiger partial charge in [-0.05, 0) is 36.8 Å². The van der Waals surface area contributed by atoms with Gasteiger partial charge in [0, 0.05) is 25.2 Å². The summed E-state index contributed by atoms with van der Waals surface area (Å²) in [5.41, 5.74) is 2.48. The fourth-order valence-corrected chi connectivity index (χ4v) is 2.01. The van der Waals surface area contributed by atoms with Gasteiger partial charge in [-0.3, -0.25) is 4.79 Å². The molecule has 0 fully saturated rings. The first-order valence-electron chi connectivity index (χ1n) is 7.65. The molecule has 2 aromatic carbocycles. The van der Waals surface area contributed by atoms with Gasteiger partial charge in [0.2, 0.25) is 0 Å². The fourth-order valence-electron chi connectivity index (χ4n) is 2.01. The predicted octanol–water partition coefficient (Wildman–Crippen LogP) is 2.36. The molecule has 2 aromatic rings. The lowest BCUT2D eigenvalue weighted by Gasteiger charge is -2.09. The average molecular weight is 329 g/mol. The molecule has 0 saturated heterocycles. The zero-order valence-corrected chi connectivity index (χ0v) is 13.4. The summed E-state index contributed by atoms with van der Waals surface area (Å²) >= 11 is 0. The Kier molecular flexibility index (Phi) is 6.31. The van der Waals surface area contributed by atoms with E-state index in [2.05, 4.69) is 16.0 Å².